The maximum atomic E-state index is 13.4. The molecule has 0 radical (unpaired) electrons. The second-order valence-electron chi connectivity index (χ2n) is 11.3. The second-order valence-corrected chi connectivity index (χ2v) is 11.3. The summed E-state index contributed by atoms with van der Waals surface area (Å²) in [5.74, 6) is 1.33. The molecule has 5 heteroatoms. The van der Waals surface area contributed by atoms with Gasteiger partial charge in [0.2, 0.25) is 0 Å². The number of nitrogens with zero attached hydrogens (tertiary/aromatic N) is 2. The van der Waals surface area contributed by atoms with Crippen molar-refractivity contribution in [1.82, 2.24) is 4.90 Å². The van der Waals surface area contributed by atoms with Crippen molar-refractivity contribution in [2.45, 2.75) is 52.0 Å². The third kappa shape index (κ3) is 5.71. The summed E-state index contributed by atoms with van der Waals surface area (Å²) >= 11 is 0. The van der Waals surface area contributed by atoms with Gasteiger partial charge in [0.05, 0.1) is 12.2 Å². The Hall–Kier alpha value is -3.60. The van der Waals surface area contributed by atoms with Gasteiger partial charge < -0.3 is 14.5 Å². The fraction of sp³-hybridized carbons (Fsp3) is 0.375. The molecular formula is C32H36N2O3. The van der Waals surface area contributed by atoms with E-state index in [1.807, 2.05) is 35.2 Å². The Balaban J connectivity index is 1.27. The average Bonchev–Trinajstić information content (AvgIpc) is 2.90. The van der Waals surface area contributed by atoms with Crippen molar-refractivity contribution >= 4 is 17.5 Å². The van der Waals surface area contributed by atoms with Gasteiger partial charge in [-0.3, -0.25) is 9.59 Å². The Morgan fingerprint density at radius 3 is 2.38 bits per heavy atom. The van der Waals surface area contributed by atoms with Gasteiger partial charge in [0.25, 0.3) is 11.8 Å². The summed E-state index contributed by atoms with van der Waals surface area (Å²) in [4.78, 5) is 30.0. The molecule has 5 rings (SSSR count). The summed E-state index contributed by atoms with van der Waals surface area (Å²) in [6.07, 6.45) is 3.12. The lowest BCUT2D eigenvalue weighted by atomic mass is 9.86. The number of rotatable bonds is 5. The Morgan fingerprint density at radius 2 is 1.65 bits per heavy atom. The van der Waals surface area contributed by atoms with Crippen molar-refractivity contribution < 1.29 is 14.3 Å². The van der Waals surface area contributed by atoms with Crippen LogP contribution in [0.2, 0.25) is 0 Å². The monoisotopic (exact) mass is 496 g/mol. The second kappa shape index (κ2) is 10.4. The van der Waals surface area contributed by atoms with Gasteiger partial charge in [0, 0.05) is 18.7 Å². The first kappa shape index (κ1) is 25.1. The van der Waals surface area contributed by atoms with E-state index in [2.05, 4.69) is 63.2 Å². The summed E-state index contributed by atoms with van der Waals surface area (Å²) in [5, 5.41) is 0. The van der Waals surface area contributed by atoms with Gasteiger partial charge in [-0.2, -0.15) is 0 Å². The van der Waals surface area contributed by atoms with Crippen molar-refractivity contribution in [2.75, 3.05) is 24.6 Å². The molecule has 0 bridgehead atoms. The topological polar surface area (TPSA) is 49.9 Å². The summed E-state index contributed by atoms with van der Waals surface area (Å²) in [7, 11) is 0. The number of hydrogen-bond donors (Lipinski definition) is 0. The fourth-order valence-electron chi connectivity index (χ4n) is 5.30. The minimum atomic E-state index is -0.0734. The Labute approximate surface area is 220 Å². The zero-order chi connectivity index (χ0) is 26.0. The van der Waals surface area contributed by atoms with Crippen LogP contribution in [0.4, 0.5) is 5.69 Å². The number of likely N-dealkylation sites (tertiary alicyclic amines) is 1. The van der Waals surface area contributed by atoms with Gasteiger partial charge in [-0.05, 0) is 71.6 Å². The molecule has 192 valence electrons. The van der Waals surface area contributed by atoms with E-state index >= 15 is 0 Å². The zero-order valence-corrected chi connectivity index (χ0v) is 22.1. The van der Waals surface area contributed by atoms with Crippen molar-refractivity contribution in [1.29, 1.82) is 0 Å². The lowest BCUT2D eigenvalue weighted by Gasteiger charge is -2.33. The Kier molecular flexibility index (Phi) is 7.05. The minimum Gasteiger partial charge on any atom is -0.482 e. The molecule has 0 atom stereocenters. The highest BCUT2D eigenvalue weighted by Crippen LogP contribution is 2.37. The molecule has 3 aromatic carbocycles. The van der Waals surface area contributed by atoms with E-state index in [9.17, 15) is 9.59 Å². The Bertz CT molecular complexity index is 1270. The quantitative estimate of drug-likeness (QED) is 0.435. The molecular weight excluding hydrogens is 460 g/mol. The first-order valence-corrected chi connectivity index (χ1v) is 13.3. The van der Waals surface area contributed by atoms with Crippen LogP contribution in [0, 0.1) is 5.92 Å². The van der Waals surface area contributed by atoms with Crippen LogP contribution in [0.1, 0.15) is 60.7 Å². The van der Waals surface area contributed by atoms with E-state index in [-0.39, 0.29) is 23.8 Å². The van der Waals surface area contributed by atoms with Crippen LogP contribution >= 0.6 is 0 Å². The zero-order valence-electron chi connectivity index (χ0n) is 22.1. The number of hydrogen-bond acceptors (Lipinski definition) is 3. The van der Waals surface area contributed by atoms with E-state index in [0.29, 0.717) is 18.0 Å². The predicted octanol–water partition coefficient (Wildman–Crippen LogP) is 6.00. The largest absolute Gasteiger partial charge is 0.482 e. The SMILES string of the molecule is CC(C)(C)c1ccc2c(c1)N(Cc1cccc(C(=O)N3CCC(Cc4ccccc4)CC3)c1)C(=O)CO2. The molecule has 1 fully saturated rings. The summed E-state index contributed by atoms with van der Waals surface area (Å²) in [6, 6.07) is 24.4. The van der Waals surface area contributed by atoms with E-state index in [4.69, 9.17) is 4.74 Å². The Morgan fingerprint density at radius 1 is 0.919 bits per heavy atom. The third-order valence-electron chi connectivity index (χ3n) is 7.55. The van der Waals surface area contributed by atoms with E-state index in [0.717, 1.165) is 54.9 Å². The molecule has 37 heavy (non-hydrogen) atoms. The van der Waals surface area contributed by atoms with Gasteiger partial charge in [-0.25, -0.2) is 0 Å². The number of fused-ring (bicyclic) bond motifs is 1. The molecule has 0 aliphatic carbocycles. The van der Waals surface area contributed by atoms with E-state index < -0.39 is 0 Å². The van der Waals surface area contributed by atoms with Crippen molar-refractivity contribution in [3.8, 4) is 5.75 Å². The smallest absolute Gasteiger partial charge is 0.265 e. The van der Waals surface area contributed by atoms with Gasteiger partial charge in [-0.1, -0.05) is 69.3 Å². The summed E-state index contributed by atoms with van der Waals surface area (Å²) in [5.41, 5.74) is 4.89. The molecule has 0 N–H and O–H groups in total. The van der Waals surface area contributed by atoms with Crippen LogP contribution in [-0.2, 0) is 23.2 Å². The van der Waals surface area contributed by atoms with Crippen molar-refractivity contribution in [2.24, 2.45) is 5.92 Å². The molecule has 0 unspecified atom stereocenters. The number of piperidine rings is 1. The molecule has 2 aliphatic heterocycles. The first-order valence-electron chi connectivity index (χ1n) is 13.3. The number of ether oxygens (including phenoxy) is 1. The van der Waals surface area contributed by atoms with Crippen LogP contribution < -0.4 is 9.64 Å². The molecule has 0 spiro atoms. The lowest BCUT2D eigenvalue weighted by Crippen LogP contribution is -2.39. The predicted molar refractivity (Wildman–Crippen MR) is 147 cm³/mol. The third-order valence-corrected chi connectivity index (χ3v) is 7.55. The lowest BCUT2D eigenvalue weighted by molar-refractivity contribution is -0.121. The van der Waals surface area contributed by atoms with Crippen molar-refractivity contribution in [3.63, 3.8) is 0 Å². The van der Waals surface area contributed by atoms with Gasteiger partial charge in [-0.15, -0.1) is 0 Å². The fourth-order valence-corrected chi connectivity index (χ4v) is 5.30. The first-order chi connectivity index (χ1) is 17.8. The average molecular weight is 497 g/mol. The molecule has 0 saturated carbocycles. The molecule has 2 amide bonds. The van der Waals surface area contributed by atoms with Gasteiger partial charge in [0.1, 0.15) is 5.75 Å². The molecule has 3 aromatic rings. The molecule has 2 aliphatic rings. The van der Waals surface area contributed by atoms with Crippen LogP contribution in [0.25, 0.3) is 0 Å². The number of anilines is 1. The van der Waals surface area contributed by atoms with E-state index in [1.165, 1.54) is 5.56 Å². The summed E-state index contributed by atoms with van der Waals surface area (Å²) in [6.45, 7) is 8.47. The van der Waals surface area contributed by atoms with Crippen LogP contribution in [0.5, 0.6) is 5.75 Å². The number of carbonyl (C=O) groups is 2. The maximum absolute atomic E-state index is 13.4. The van der Waals surface area contributed by atoms with Gasteiger partial charge >= 0.3 is 0 Å². The highest BCUT2D eigenvalue weighted by atomic mass is 16.5. The van der Waals surface area contributed by atoms with Gasteiger partial charge in [0.15, 0.2) is 6.61 Å². The molecule has 0 aromatic heterocycles. The standard InChI is InChI=1S/C32H36N2O3/c1-32(2,3)27-12-13-29-28(20-27)34(30(35)22-37-29)21-25-10-7-11-26(19-25)31(36)33-16-14-24(15-17-33)18-23-8-5-4-6-9-23/h4-13,19-20,24H,14-18,21-22H2,1-3H3. The minimum absolute atomic E-state index is 0.0262. The number of carbonyl (C=O) groups excluding carboxylic acids is 2. The van der Waals surface area contributed by atoms with Crippen LogP contribution in [-0.4, -0.2) is 36.4 Å². The normalized spacial score (nSPS) is 16.4. The van der Waals surface area contributed by atoms with Crippen LogP contribution in [0.15, 0.2) is 72.8 Å². The van der Waals surface area contributed by atoms with Crippen LogP contribution in [0.3, 0.4) is 0 Å². The molecule has 2 heterocycles. The molecule has 5 nitrogen and oxygen atoms in total. The van der Waals surface area contributed by atoms with E-state index in [1.54, 1.807) is 4.90 Å². The maximum Gasteiger partial charge on any atom is 0.265 e. The van der Waals surface area contributed by atoms with Crippen molar-refractivity contribution in [3.05, 3.63) is 95.1 Å². The highest BCUT2D eigenvalue weighted by molar-refractivity contribution is 5.98. The highest BCUT2D eigenvalue weighted by Gasteiger charge is 2.28. The summed E-state index contributed by atoms with van der Waals surface area (Å²) < 4.78 is 5.71. The molecule has 1 saturated heterocycles. The number of amides is 2. The number of benzene rings is 3.